The Morgan fingerprint density at radius 1 is 0.744 bits per heavy atom. The molecule has 232 valence electrons. The van der Waals surface area contributed by atoms with E-state index in [0.717, 1.165) is 19.0 Å². The first-order chi connectivity index (χ1) is 20.4. The zero-order chi connectivity index (χ0) is 31.8. The van der Waals surface area contributed by atoms with E-state index >= 15 is 0 Å². The molecule has 2 aromatic rings. The fourth-order valence-electron chi connectivity index (χ4n) is 4.88. The van der Waals surface area contributed by atoms with Crippen LogP contribution in [0.2, 0.25) is 0 Å². The van der Waals surface area contributed by atoms with Gasteiger partial charge in [0, 0.05) is 70.3 Å². The van der Waals surface area contributed by atoms with Crippen molar-refractivity contribution in [1.29, 1.82) is 0 Å². The van der Waals surface area contributed by atoms with Crippen molar-refractivity contribution >= 4 is 29.6 Å². The van der Waals surface area contributed by atoms with E-state index < -0.39 is 23.9 Å². The third-order valence-corrected chi connectivity index (χ3v) is 7.00. The number of rotatable bonds is 9. The van der Waals surface area contributed by atoms with E-state index in [0.29, 0.717) is 24.3 Å². The predicted octanol–water partition coefficient (Wildman–Crippen LogP) is 3.45. The molecule has 0 spiro atoms. The molecule has 11 heteroatoms. The lowest BCUT2D eigenvalue weighted by atomic mass is 9.93. The Labute approximate surface area is 252 Å². The molecule has 2 aliphatic rings. The summed E-state index contributed by atoms with van der Waals surface area (Å²) in [5.41, 5.74) is 5.84. The average Bonchev–Trinajstić information content (AvgIpc) is 2.97. The summed E-state index contributed by atoms with van der Waals surface area (Å²) in [5, 5.41) is 31.2. The molecule has 4 rings (SSSR count). The quantitative estimate of drug-likeness (QED) is 0.315. The van der Waals surface area contributed by atoms with Gasteiger partial charge in [-0.05, 0) is 67.1 Å². The third-order valence-electron chi connectivity index (χ3n) is 7.00. The summed E-state index contributed by atoms with van der Waals surface area (Å²) in [6, 6.07) is 18.0. The van der Waals surface area contributed by atoms with Gasteiger partial charge in [0.25, 0.3) is 0 Å². The van der Waals surface area contributed by atoms with Gasteiger partial charge in [0.2, 0.25) is 0 Å². The molecule has 2 aromatic carbocycles. The van der Waals surface area contributed by atoms with Crippen LogP contribution in [0.25, 0.3) is 0 Å². The average molecular weight is 596 g/mol. The van der Waals surface area contributed by atoms with Gasteiger partial charge in [-0.25, -0.2) is 19.2 Å². The zero-order valence-electron chi connectivity index (χ0n) is 24.6. The highest BCUT2D eigenvalue weighted by Crippen LogP contribution is 2.24. The minimum Gasteiger partial charge on any atom is -0.478 e. The molecule has 43 heavy (non-hydrogen) atoms. The molecule has 0 atom stereocenters. The van der Waals surface area contributed by atoms with Gasteiger partial charge >= 0.3 is 23.9 Å². The van der Waals surface area contributed by atoms with Crippen molar-refractivity contribution in [3.63, 3.8) is 0 Å². The van der Waals surface area contributed by atoms with Crippen LogP contribution in [0.3, 0.4) is 0 Å². The van der Waals surface area contributed by atoms with E-state index in [4.69, 9.17) is 20.4 Å². The molecule has 0 bridgehead atoms. The molecule has 0 aliphatic carbocycles. The van der Waals surface area contributed by atoms with Gasteiger partial charge in [0.05, 0.1) is 0 Å². The molecule has 0 amide bonds. The van der Waals surface area contributed by atoms with E-state index in [1.54, 1.807) is 11.1 Å². The molecule has 2 aliphatic heterocycles. The number of hydrogen-bond donors (Lipinski definition) is 4. The van der Waals surface area contributed by atoms with Gasteiger partial charge in [0.1, 0.15) is 0 Å². The van der Waals surface area contributed by atoms with Crippen LogP contribution < -0.4 is 4.90 Å². The smallest absolute Gasteiger partial charge is 0.328 e. The lowest BCUT2D eigenvalue weighted by molar-refractivity contribution is -0.134. The molecule has 1 fully saturated rings. The summed E-state index contributed by atoms with van der Waals surface area (Å²) in [6.45, 7) is 7.22. The highest BCUT2D eigenvalue weighted by molar-refractivity contribution is 5.90. The van der Waals surface area contributed by atoms with Gasteiger partial charge < -0.3 is 25.3 Å². The van der Waals surface area contributed by atoms with E-state index in [-0.39, 0.29) is 0 Å². The molecule has 0 radical (unpaired) electrons. The second-order valence-corrected chi connectivity index (χ2v) is 10.6. The molecule has 2 heterocycles. The van der Waals surface area contributed by atoms with Crippen LogP contribution in [0.1, 0.15) is 29.5 Å². The van der Waals surface area contributed by atoms with Crippen LogP contribution >= 0.6 is 0 Å². The van der Waals surface area contributed by atoms with E-state index in [1.165, 1.54) is 56.7 Å². The standard InChI is InChI=1S/C24H33N3.2C4H4O4/c1-25(2)24-9-5-6-21(16-24)18-26-13-10-20(11-14-26)17-27-15-12-22-7-3-4-8-23(22)19-27;2*5-3(6)1-2-4(7)8/h3-9,16,20H,10-15,17-19H2,1-2H3;2*1-2H,(H,5,6)(H,7,8)/b;2*2-1+. The number of anilines is 1. The molecule has 4 N–H and O–H groups in total. The summed E-state index contributed by atoms with van der Waals surface area (Å²) in [5.74, 6) is -4.17. The summed E-state index contributed by atoms with van der Waals surface area (Å²) in [4.78, 5) is 45.7. The lowest BCUT2D eigenvalue weighted by Gasteiger charge is -2.36. The molecular formula is C32H41N3O8. The van der Waals surface area contributed by atoms with Gasteiger partial charge in [-0.1, -0.05) is 36.4 Å². The Kier molecular flexibility index (Phi) is 14.6. The van der Waals surface area contributed by atoms with E-state index in [2.05, 4.69) is 77.3 Å². The number of carboxylic acid groups (broad SMARTS) is 4. The number of benzene rings is 2. The van der Waals surface area contributed by atoms with Crippen molar-refractivity contribution in [3.05, 3.63) is 89.5 Å². The second-order valence-electron chi connectivity index (χ2n) is 10.6. The molecule has 0 aromatic heterocycles. The number of hydrogen-bond acceptors (Lipinski definition) is 7. The Morgan fingerprint density at radius 2 is 1.28 bits per heavy atom. The van der Waals surface area contributed by atoms with Gasteiger partial charge in [-0.15, -0.1) is 0 Å². The Morgan fingerprint density at radius 3 is 1.79 bits per heavy atom. The number of nitrogens with zero attached hydrogens (tertiary/aromatic N) is 3. The van der Waals surface area contributed by atoms with Crippen LogP contribution in [-0.4, -0.2) is 94.4 Å². The van der Waals surface area contributed by atoms with Gasteiger partial charge in [-0.3, -0.25) is 9.80 Å². The van der Waals surface area contributed by atoms with Gasteiger partial charge in [-0.2, -0.15) is 0 Å². The summed E-state index contributed by atoms with van der Waals surface area (Å²) >= 11 is 0. The van der Waals surface area contributed by atoms with Crippen molar-refractivity contribution in [2.24, 2.45) is 5.92 Å². The predicted molar refractivity (Wildman–Crippen MR) is 163 cm³/mol. The SMILES string of the molecule is CN(C)c1cccc(CN2CCC(CN3CCc4ccccc4C3)CC2)c1.O=C(O)/C=C/C(=O)O.O=C(O)/C=C/C(=O)O. The summed E-state index contributed by atoms with van der Waals surface area (Å²) in [7, 11) is 4.23. The van der Waals surface area contributed by atoms with Crippen molar-refractivity contribution in [3.8, 4) is 0 Å². The molecule has 0 saturated carbocycles. The summed E-state index contributed by atoms with van der Waals surface area (Å²) in [6.07, 6.45) is 6.13. The highest BCUT2D eigenvalue weighted by atomic mass is 16.4. The number of likely N-dealkylation sites (tertiary alicyclic amines) is 1. The lowest BCUT2D eigenvalue weighted by Crippen LogP contribution is -2.40. The fraction of sp³-hybridized carbons (Fsp3) is 0.375. The van der Waals surface area contributed by atoms with E-state index in [9.17, 15) is 19.2 Å². The van der Waals surface area contributed by atoms with Crippen molar-refractivity contribution in [2.75, 3.05) is 45.2 Å². The second kappa shape index (κ2) is 18.1. The topological polar surface area (TPSA) is 159 Å². The maximum Gasteiger partial charge on any atom is 0.328 e. The third kappa shape index (κ3) is 14.3. The van der Waals surface area contributed by atoms with Crippen LogP contribution in [-0.2, 0) is 38.7 Å². The Hall–Kier alpha value is -4.48. The maximum atomic E-state index is 9.55. The number of aliphatic carboxylic acids is 4. The normalized spacial score (nSPS) is 15.5. The molecule has 0 unspecified atom stereocenters. The first-order valence-electron chi connectivity index (χ1n) is 14.0. The van der Waals surface area contributed by atoms with Crippen LogP contribution in [0.5, 0.6) is 0 Å². The first-order valence-corrected chi connectivity index (χ1v) is 14.0. The van der Waals surface area contributed by atoms with E-state index in [1.807, 2.05) is 0 Å². The van der Waals surface area contributed by atoms with Crippen molar-refractivity contribution in [2.45, 2.75) is 32.4 Å². The van der Waals surface area contributed by atoms with Crippen LogP contribution in [0.4, 0.5) is 5.69 Å². The first kappa shape index (κ1) is 34.7. The Balaban J connectivity index is 0.000000334. The van der Waals surface area contributed by atoms with Crippen molar-refractivity contribution in [1.82, 2.24) is 9.80 Å². The molecular weight excluding hydrogens is 554 g/mol. The zero-order valence-corrected chi connectivity index (χ0v) is 24.6. The number of piperidine rings is 1. The maximum absolute atomic E-state index is 9.55. The largest absolute Gasteiger partial charge is 0.478 e. The van der Waals surface area contributed by atoms with Crippen molar-refractivity contribution < 1.29 is 39.6 Å². The minimum atomic E-state index is -1.26. The summed E-state index contributed by atoms with van der Waals surface area (Å²) < 4.78 is 0. The number of carbonyl (C=O) groups is 4. The highest BCUT2D eigenvalue weighted by Gasteiger charge is 2.23. The monoisotopic (exact) mass is 595 g/mol. The number of fused-ring (bicyclic) bond motifs is 1. The van der Waals surface area contributed by atoms with Crippen LogP contribution in [0.15, 0.2) is 72.8 Å². The molecule has 1 saturated heterocycles. The minimum absolute atomic E-state index is 0.558. The van der Waals surface area contributed by atoms with Crippen LogP contribution in [0, 0.1) is 5.92 Å². The fourth-order valence-corrected chi connectivity index (χ4v) is 4.88. The van der Waals surface area contributed by atoms with Gasteiger partial charge in [0.15, 0.2) is 0 Å². The molecule has 11 nitrogen and oxygen atoms in total. The number of carboxylic acids is 4. The Bertz CT molecular complexity index is 1220.